The van der Waals surface area contributed by atoms with Crippen LogP contribution >= 0.6 is 0 Å². The van der Waals surface area contributed by atoms with E-state index in [9.17, 15) is 0 Å². The van der Waals surface area contributed by atoms with Gasteiger partial charge in [-0.1, -0.05) is 33.6 Å². The number of hydrogen-bond donors (Lipinski definition) is 0. The highest BCUT2D eigenvalue weighted by molar-refractivity contribution is 6.67. The maximum Gasteiger partial charge on any atom is 0.338 e. The van der Waals surface area contributed by atoms with Gasteiger partial charge in [0.15, 0.2) is 0 Å². The highest BCUT2D eigenvalue weighted by Gasteiger charge is 2.36. The summed E-state index contributed by atoms with van der Waals surface area (Å²) in [6.07, 6.45) is 5.82. The van der Waals surface area contributed by atoms with Gasteiger partial charge in [0.1, 0.15) is 0 Å². The summed E-state index contributed by atoms with van der Waals surface area (Å²) in [7, 11) is -2.00. The molecule has 0 aromatic rings. The molecule has 5 heteroatoms. The average Bonchev–Trinajstić information content (AvgIpc) is 2.57. The molecule has 0 amide bonds. The van der Waals surface area contributed by atoms with Crippen molar-refractivity contribution in [2.75, 3.05) is 46.1 Å². The molecule has 0 atom stereocenters. The average molecular weight is 332 g/mol. The molecule has 22 heavy (non-hydrogen) atoms. The van der Waals surface area contributed by atoms with Crippen molar-refractivity contribution in [3.05, 3.63) is 0 Å². The van der Waals surface area contributed by atoms with Gasteiger partial charge < -0.3 is 13.6 Å². The van der Waals surface area contributed by atoms with E-state index in [1.54, 1.807) is 0 Å². The monoisotopic (exact) mass is 331 g/mol. The lowest BCUT2D eigenvalue weighted by molar-refractivity contribution is 0.0375. The molecule has 0 N–H and O–H groups in total. The number of hydrogen-bond acceptors (Lipinski definition) is 4. The number of unbranched alkanes of at least 4 members (excludes halogenated alkanes) is 1. The van der Waals surface area contributed by atoms with E-state index in [-0.39, 0.29) is 0 Å². The minimum atomic E-state index is -2.00. The molecule has 132 valence electrons. The summed E-state index contributed by atoms with van der Waals surface area (Å²) in [5, 5.41) is 0. The normalized spacial score (nSPS) is 17.0. The number of ether oxygens (including phenoxy) is 1. The van der Waals surface area contributed by atoms with E-state index in [1.807, 2.05) is 0 Å². The molecule has 0 spiro atoms. The third kappa shape index (κ3) is 8.06. The van der Waals surface area contributed by atoms with Crippen LogP contribution < -0.4 is 0 Å². The summed E-state index contributed by atoms with van der Waals surface area (Å²) in [4.78, 5) is 2.52. The van der Waals surface area contributed by atoms with Gasteiger partial charge in [0.05, 0.1) is 13.2 Å². The van der Waals surface area contributed by atoms with Crippen LogP contribution in [0, 0.1) is 0 Å². The molecule has 1 saturated heterocycles. The van der Waals surface area contributed by atoms with Crippen molar-refractivity contribution >= 4 is 8.56 Å². The van der Waals surface area contributed by atoms with Crippen molar-refractivity contribution in [2.24, 2.45) is 0 Å². The molecule has 1 heterocycles. The van der Waals surface area contributed by atoms with E-state index in [0.29, 0.717) is 0 Å². The molecule has 0 saturated carbocycles. The smallest absolute Gasteiger partial charge is 0.338 e. The molecular weight excluding hydrogens is 294 g/mol. The van der Waals surface area contributed by atoms with Crippen molar-refractivity contribution in [1.29, 1.82) is 0 Å². The molecule has 1 aliphatic rings. The fourth-order valence-corrected chi connectivity index (χ4v) is 6.53. The predicted octanol–water partition coefficient (Wildman–Crippen LogP) is 3.80. The van der Waals surface area contributed by atoms with Gasteiger partial charge in [0.2, 0.25) is 0 Å². The first kappa shape index (κ1) is 20.1. The van der Waals surface area contributed by atoms with Crippen molar-refractivity contribution in [2.45, 2.75) is 65.0 Å². The topological polar surface area (TPSA) is 30.9 Å². The fourth-order valence-electron chi connectivity index (χ4n) is 2.87. The first-order valence-corrected chi connectivity index (χ1v) is 11.6. The van der Waals surface area contributed by atoms with Crippen LogP contribution in [-0.2, 0) is 13.6 Å². The zero-order chi connectivity index (χ0) is 16.1. The van der Waals surface area contributed by atoms with Gasteiger partial charge in [-0.05, 0) is 37.9 Å². The Hall–Kier alpha value is 0.0569. The molecule has 0 radical (unpaired) electrons. The summed E-state index contributed by atoms with van der Waals surface area (Å²) in [6.45, 7) is 13.4. The van der Waals surface area contributed by atoms with Crippen LogP contribution in [0.15, 0.2) is 0 Å². The number of nitrogens with zero attached hydrogens (tertiary/aromatic N) is 1. The summed E-state index contributed by atoms with van der Waals surface area (Å²) >= 11 is 0. The number of morpholine rings is 1. The van der Waals surface area contributed by atoms with Crippen LogP contribution in [0.3, 0.4) is 0 Å². The summed E-state index contributed by atoms with van der Waals surface area (Å²) in [5.41, 5.74) is 0. The van der Waals surface area contributed by atoms with E-state index in [1.165, 1.54) is 19.3 Å². The lowest BCUT2D eigenvalue weighted by Gasteiger charge is -2.32. The maximum absolute atomic E-state index is 6.35. The quantitative estimate of drug-likeness (QED) is 0.480. The van der Waals surface area contributed by atoms with Gasteiger partial charge in [-0.25, -0.2) is 0 Å². The van der Waals surface area contributed by atoms with Crippen molar-refractivity contribution in [3.8, 4) is 0 Å². The molecular formula is C17H37NO3Si. The van der Waals surface area contributed by atoms with Gasteiger partial charge in [-0.15, -0.1) is 0 Å². The molecule has 0 bridgehead atoms. The molecule has 0 unspecified atom stereocenters. The van der Waals surface area contributed by atoms with Crippen LogP contribution in [0.4, 0.5) is 0 Å². The second-order valence-electron chi connectivity index (χ2n) is 6.27. The molecule has 1 aliphatic heterocycles. The van der Waals surface area contributed by atoms with Crippen LogP contribution in [-0.4, -0.2) is 59.5 Å². The molecule has 1 fully saturated rings. The third-order valence-electron chi connectivity index (χ3n) is 4.19. The Morgan fingerprint density at radius 2 is 1.45 bits per heavy atom. The third-order valence-corrected chi connectivity index (χ3v) is 7.88. The SMILES string of the molecule is CCCC[Si](CCCN1CCOCC1)(OCCC)OCCC. The molecule has 0 aromatic heterocycles. The van der Waals surface area contributed by atoms with E-state index >= 15 is 0 Å². The minimum Gasteiger partial charge on any atom is -0.394 e. The van der Waals surface area contributed by atoms with E-state index in [0.717, 1.165) is 71.0 Å². The van der Waals surface area contributed by atoms with E-state index in [4.69, 9.17) is 13.6 Å². The van der Waals surface area contributed by atoms with Gasteiger partial charge >= 0.3 is 8.56 Å². The first-order chi connectivity index (χ1) is 10.8. The molecule has 4 nitrogen and oxygen atoms in total. The van der Waals surface area contributed by atoms with Crippen LogP contribution in [0.25, 0.3) is 0 Å². The standard InChI is InChI=1S/C17H37NO3Si/c1-4-7-16-22(20-12-5-2,21-13-6-3)17-8-9-18-10-14-19-15-11-18/h4-17H2,1-3H3. The van der Waals surface area contributed by atoms with Gasteiger partial charge in [0.25, 0.3) is 0 Å². The van der Waals surface area contributed by atoms with Crippen molar-refractivity contribution < 1.29 is 13.6 Å². The summed E-state index contributed by atoms with van der Waals surface area (Å²) < 4.78 is 18.1. The Morgan fingerprint density at radius 3 is 2.00 bits per heavy atom. The molecule has 1 rings (SSSR count). The second-order valence-corrected chi connectivity index (χ2v) is 9.67. The van der Waals surface area contributed by atoms with Gasteiger partial charge in [0, 0.05) is 26.3 Å². The zero-order valence-corrected chi connectivity index (χ0v) is 16.1. The number of rotatable bonds is 13. The van der Waals surface area contributed by atoms with Crippen LogP contribution in [0.5, 0.6) is 0 Å². The van der Waals surface area contributed by atoms with Crippen LogP contribution in [0.2, 0.25) is 12.1 Å². The highest BCUT2D eigenvalue weighted by Crippen LogP contribution is 2.25. The summed E-state index contributed by atoms with van der Waals surface area (Å²) in [6, 6.07) is 2.30. The molecule has 0 aromatic carbocycles. The lowest BCUT2D eigenvalue weighted by atomic mass is 10.3. The Labute approximate surface area is 138 Å². The minimum absolute atomic E-state index is 0.858. The Balaban J connectivity index is 2.47. The summed E-state index contributed by atoms with van der Waals surface area (Å²) in [5.74, 6) is 0. The van der Waals surface area contributed by atoms with E-state index in [2.05, 4.69) is 25.7 Å². The Morgan fingerprint density at radius 1 is 0.864 bits per heavy atom. The van der Waals surface area contributed by atoms with E-state index < -0.39 is 8.56 Å². The fraction of sp³-hybridized carbons (Fsp3) is 1.00. The van der Waals surface area contributed by atoms with Crippen molar-refractivity contribution in [3.63, 3.8) is 0 Å². The van der Waals surface area contributed by atoms with Crippen molar-refractivity contribution in [1.82, 2.24) is 4.90 Å². The first-order valence-electron chi connectivity index (χ1n) is 9.34. The van der Waals surface area contributed by atoms with Gasteiger partial charge in [-0.2, -0.15) is 0 Å². The lowest BCUT2D eigenvalue weighted by Crippen LogP contribution is -2.44. The predicted molar refractivity (Wildman–Crippen MR) is 94.6 cm³/mol. The zero-order valence-electron chi connectivity index (χ0n) is 15.1. The Kier molecular flexibility index (Phi) is 11.4. The molecule has 0 aliphatic carbocycles. The highest BCUT2D eigenvalue weighted by atomic mass is 28.4. The Bertz CT molecular complexity index is 239. The second kappa shape index (κ2) is 12.5. The van der Waals surface area contributed by atoms with Gasteiger partial charge in [-0.3, -0.25) is 4.90 Å². The largest absolute Gasteiger partial charge is 0.394 e. The van der Waals surface area contributed by atoms with Crippen LogP contribution in [0.1, 0.15) is 52.9 Å². The maximum atomic E-state index is 6.35.